The maximum atomic E-state index is 12.9. The molecule has 0 bridgehead atoms. The molecule has 0 spiro atoms. The third-order valence-corrected chi connectivity index (χ3v) is 7.78. The molecule has 1 atom stereocenters. The van der Waals surface area contributed by atoms with Gasteiger partial charge in [0.2, 0.25) is 15.9 Å². The fourth-order valence-corrected chi connectivity index (χ4v) is 5.36. The van der Waals surface area contributed by atoms with E-state index in [-0.39, 0.29) is 31.0 Å². The minimum absolute atomic E-state index is 0.0417. The third-order valence-electron chi connectivity index (χ3n) is 5.88. The first-order valence-electron chi connectivity index (χ1n) is 11.2. The van der Waals surface area contributed by atoms with E-state index >= 15 is 0 Å². The molecule has 1 heterocycles. The van der Waals surface area contributed by atoms with Crippen molar-refractivity contribution >= 4 is 15.9 Å². The van der Waals surface area contributed by atoms with Gasteiger partial charge >= 0.3 is 6.18 Å². The summed E-state index contributed by atoms with van der Waals surface area (Å²) in [4.78, 5) is 12.1. The Bertz CT molecular complexity index is 1050. The van der Waals surface area contributed by atoms with Crippen molar-refractivity contribution in [2.75, 3.05) is 26.2 Å². The Morgan fingerprint density at radius 3 is 2.44 bits per heavy atom. The largest absolute Gasteiger partial charge is 0.416 e. The van der Waals surface area contributed by atoms with Crippen molar-refractivity contribution in [1.29, 1.82) is 0 Å². The number of benzene rings is 2. The molecule has 34 heavy (non-hydrogen) atoms. The van der Waals surface area contributed by atoms with Crippen LogP contribution >= 0.6 is 0 Å². The highest BCUT2D eigenvalue weighted by Gasteiger charge is 2.35. The molecule has 0 radical (unpaired) electrons. The van der Waals surface area contributed by atoms with Crippen LogP contribution in [0.5, 0.6) is 0 Å². The summed E-state index contributed by atoms with van der Waals surface area (Å²) in [5.74, 6) is -0.482. The van der Waals surface area contributed by atoms with Crippen molar-refractivity contribution in [3.63, 3.8) is 0 Å². The minimum Gasteiger partial charge on any atom is -0.374 e. The summed E-state index contributed by atoms with van der Waals surface area (Å²) < 4.78 is 71.3. The van der Waals surface area contributed by atoms with Gasteiger partial charge in [0.05, 0.1) is 16.6 Å². The quantitative estimate of drug-likeness (QED) is 0.521. The fourth-order valence-electron chi connectivity index (χ4n) is 3.85. The molecule has 186 valence electrons. The van der Waals surface area contributed by atoms with Crippen LogP contribution in [-0.2, 0) is 25.7 Å². The van der Waals surface area contributed by atoms with Gasteiger partial charge in [0.25, 0.3) is 0 Å². The molecule has 1 unspecified atom stereocenters. The summed E-state index contributed by atoms with van der Waals surface area (Å²) in [5, 5.41) is 2.86. The number of hydrogen-bond donors (Lipinski definition) is 1. The number of halogens is 3. The Kier molecular flexibility index (Phi) is 8.72. The fraction of sp³-hybridized carbons (Fsp3) is 0.458. The average molecular weight is 499 g/mol. The number of carbonyl (C=O) groups is 1. The van der Waals surface area contributed by atoms with Crippen LogP contribution in [-0.4, -0.2) is 44.9 Å². The smallest absolute Gasteiger partial charge is 0.374 e. The maximum Gasteiger partial charge on any atom is 0.416 e. The monoisotopic (exact) mass is 498 g/mol. The van der Waals surface area contributed by atoms with E-state index in [0.29, 0.717) is 38.5 Å². The Labute approximate surface area is 198 Å². The lowest BCUT2D eigenvalue weighted by Crippen LogP contribution is -2.43. The van der Waals surface area contributed by atoms with Crippen LogP contribution in [0, 0.1) is 5.92 Å². The van der Waals surface area contributed by atoms with Crippen LogP contribution in [0.3, 0.4) is 0 Å². The van der Waals surface area contributed by atoms with Gasteiger partial charge in [0, 0.05) is 32.2 Å². The van der Waals surface area contributed by atoms with E-state index in [9.17, 15) is 26.4 Å². The third kappa shape index (κ3) is 6.80. The van der Waals surface area contributed by atoms with E-state index in [0.717, 1.165) is 28.1 Å². The van der Waals surface area contributed by atoms with Crippen LogP contribution in [0.4, 0.5) is 13.2 Å². The number of rotatable bonds is 9. The highest BCUT2D eigenvalue weighted by molar-refractivity contribution is 7.89. The van der Waals surface area contributed by atoms with Gasteiger partial charge in [-0.05, 0) is 49.9 Å². The van der Waals surface area contributed by atoms with Gasteiger partial charge in [-0.1, -0.05) is 36.4 Å². The molecule has 0 saturated carbocycles. The van der Waals surface area contributed by atoms with Gasteiger partial charge < -0.3 is 10.1 Å². The number of hydrogen-bond acceptors (Lipinski definition) is 4. The van der Waals surface area contributed by atoms with Crippen molar-refractivity contribution in [2.24, 2.45) is 5.92 Å². The van der Waals surface area contributed by atoms with Crippen molar-refractivity contribution in [1.82, 2.24) is 9.62 Å². The van der Waals surface area contributed by atoms with Crippen molar-refractivity contribution in [3.8, 4) is 0 Å². The molecule has 3 rings (SSSR count). The Hall–Kier alpha value is -2.43. The number of ether oxygens (including phenoxy) is 1. The van der Waals surface area contributed by atoms with Crippen molar-refractivity contribution in [2.45, 2.75) is 43.4 Å². The first-order chi connectivity index (χ1) is 16.1. The van der Waals surface area contributed by atoms with Crippen LogP contribution in [0.2, 0.25) is 0 Å². The number of nitrogens with one attached hydrogen (secondary N) is 1. The van der Waals surface area contributed by atoms with Gasteiger partial charge in [-0.2, -0.15) is 17.5 Å². The summed E-state index contributed by atoms with van der Waals surface area (Å²) in [6.07, 6.45) is -3.40. The number of alkyl halides is 3. The molecule has 1 fully saturated rings. The molecule has 0 aromatic heterocycles. The second kappa shape index (κ2) is 11.3. The molecule has 1 aliphatic rings. The van der Waals surface area contributed by atoms with Crippen molar-refractivity contribution < 1.29 is 31.1 Å². The summed E-state index contributed by atoms with van der Waals surface area (Å²) in [7, 11) is -4.06. The van der Waals surface area contributed by atoms with E-state index in [2.05, 4.69) is 5.32 Å². The number of sulfonamides is 1. The first kappa shape index (κ1) is 26.2. The highest BCUT2D eigenvalue weighted by atomic mass is 32.2. The van der Waals surface area contributed by atoms with Gasteiger partial charge in [-0.25, -0.2) is 8.42 Å². The summed E-state index contributed by atoms with van der Waals surface area (Å²) in [6, 6.07) is 13.5. The van der Waals surface area contributed by atoms with E-state index in [1.54, 1.807) is 0 Å². The summed E-state index contributed by atoms with van der Waals surface area (Å²) in [6.45, 7) is 3.06. The van der Waals surface area contributed by atoms with Gasteiger partial charge in [0.1, 0.15) is 0 Å². The van der Waals surface area contributed by atoms with E-state index in [4.69, 9.17) is 4.74 Å². The van der Waals surface area contributed by atoms with Gasteiger partial charge in [0.15, 0.2) is 0 Å². The second-order valence-corrected chi connectivity index (χ2v) is 10.2. The second-order valence-electron chi connectivity index (χ2n) is 8.27. The molecule has 1 saturated heterocycles. The number of amides is 1. The molecule has 1 N–H and O–H groups in total. The predicted molar refractivity (Wildman–Crippen MR) is 121 cm³/mol. The van der Waals surface area contributed by atoms with E-state index in [1.165, 1.54) is 0 Å². The lowest BCUT2D eigenvalue weighted by molar-refractivity contribution is -0.137. The number of carbonyl (C=O) groups excluding carboxylic acids is 1. The molecule has 6 nitrogen and oxygen atoms in total. The molecule has 2 aromatic rings. The lowest BCUT2D eigenvalue weighted by atomic mass is 9.97. The van der Waals surface area contributed by atoms with Crippen LogP contribution in [0.25, 0.3) is 0 Å². The molecule has 0 aliphatic carbocycles. The minimum atomic E-state index is -4.62. The number of piperidine rings is 1. The molecule has 10 heteroatoms. The first-order valence-corrected chi connectivity index (χ1v) is 12.6. The van der Waals surface area contributed by atoms with E-state index < -0.39 is 26.7 Å². The summed E-state index contributed by atoms with van der Waals surface area (Å²) in [5.41, 5.74) is 0.0726. The van der Waals surface area contributed by atoms with Crippen molar-refractivity contribution in [3.05, 3.63) is 65.7 Å². The Balaban J connectivity index is 1.42. The number of nitrogens with zero attached hydrogens (tertiary/aromatic N) is 1. The molecule has 2 aromatic carbocycles. The van der Waals surface area contributed by atoms with Crippen LogP contribution in [0.15, 0.2) is 59.5 Å². The molecular formula is C24H29F3N2O4S. The summed E-state index contributed by atoms with van der Waals surface area (Å²) >= 11 is 0. The Morgan fingerprint density at radius 2 is 1.79 bits per heavy atom. The molecular weight excluding hydrogens is 469 g/mol. The zero-order valence-electron chi connectivity index (χ0n) is 18.9. The Morgan fingerprint density at radius 1 is 1.12 bits per heavy atom. The van der Waals surface area contributed by atoms with E-state index in [1.807, 2.05) is 37.3 Å². The lowest BCUT2D eigenvalue weighted by Gasteiger charge is -2.30. The standard InChI is InChI=1S/C24H29F3N2O4S/c1-18(19-7-3-2-4-8-19)33-16-6-13-28-23(30)20-11-14-29(15-12-20)34(31,32)22-10-5-9-21(17-22)24(25,26)27/h2-5,7-10,17-18,20H,6,11-16H2,1H3,(H,28,30). The van der Waals surface area contributed by atoms with Gasteiger partial charge in [-0.3, -0.25) is 4.79 Å². The zero-order chi connectivity index (χ0) is 24.8. The zero-order valence-corrected chi connectivity index (χ0v) is 19.7. The molecule has 1 amide bonds. The molecule has 1 aliphatic heterocycles. The van der Waals surface area contributed by atoms with Crippen LogP contribution in [0.1, 0.15) is 43.4 Å². The SMILES string of the molecule is CC(OCCCNC(=O)C1CCN(S(=O)(=O)c2cccc(C(F)(F)F)c2)CC1)c1ccccc1. The average Bonchev–Trinajstić information content (AvgIpc) is 2.83. The maximum absolute atomic E-state index is 12.9. The highest BCUT2D eigenvalue weighted by Crippen LogP contribution is 2.32. The van der Waals surface area contributed by atoms with Crippen LogP contribution < -0.4 is 5.32 Å². The predicted octanol–water partition coefficient (Wildman–Crippen LogP) is 4.39. The topological polar surface area (TPSA) is 75.7 Å². The van der Waals surface area contributed by atoms with Gasteiger partial charge in [-0.15, -0.1) is 0 Å². The normalized spacial score (nSPS) is 16.8.